The first-order chi connectivity index (χ1) is 8.74. The molecule has 90 valence electrons. The van der Waals surface area contributed by atoms with Crippen molar-refractivity contribution in [3.8, 4) is 0 Å². The van der Waals surface area contributed by atoms with Crippen LogP contribution in [0.25, 0.3) is 0 Å². The number of nitrogens with zero attached hydrogens (tertiary/aromatic N) is 1. The Morgan fingerprint density at radius 2 is 2.17 bits per heavy atom. The van der Waals surface area contributed by atoms with Gasteiger partial charge in [0, 0.05) is 11.8 Å². The number of aliphatic imine (C=N–C) groups is 1. The molecular weight excluding hydrogens is 226 g/mol. The Balaban J connectivity index is 2.20. The van der Waals surface area contributed by atoms with E-state index in [-0.39, 0.29) is 12.5 Å². The number of benzodiazepines with no additional fused rings is 1. The lowest BCUT2D eigenvalue weighted by atomic mass is 10.0. The number of anilines is 1. The number of aryl methyl sites for hydroxylation is 1. The largest absolute Gasteiger partial charge is 0.360 e. The first-order valence-electron chi connectivity index (χ1n) is 5.83. The highest BCUT2D eigenvalue weighted by atomic mass is 16.1. The average Bonchev–Trinajstić information content (AvgIpc) is 2.81. The van der Waals surface area contributed by atoms with Crippen LogP contribution in [0, 0.1) is 6.92 Å². The quantitative estimate of drug-likeness (QED) is 0.786. The first-order valence-corrected chi connectivity index (χ1v) is 5.83. The number of hydrogen-bond acceptors (Lipinski definition) is 2. The molecule has 0 saturated carbocycles. The Morgan fingerprint density at radius 1 is 1.28 bits per heavy atom. The molecule has 3 rings (SSSR count). The molecule has 2 aromatic rings. The molecule has 0 bridgehead atoms. The SMILES string of the molecule is Cc1ccc2c(c1)C(c1ccc[nH]1)=NCC(=O)N2. The van der Waals surface area contributed by atoms with Crippen molar-refractivity contribution in [2.45, 2.75) is 6.92 Å². The molecule has 4 heteroatoms. The number of aromatic nitrogens is 1. The fraction of sp³-hybridized carbons (Fsp3) is 0.143. The molecule has 1 aliphatic rings. The molecule has 0 aliphatic carbocycles. The van der Waals surface area contributed by atoms with Crippen LogP contribution in [0.5, 0.6) is 0 Å². The van der Waals surface area contributed by atoms with Gasteiger partial charge in [0.25, 0.3) is 0 Å². The van der Waals surface area contributed by atoms with Crippen LogP contribution in [0.4, 0.5) is 5.69 Å². The van der Waals surface area contributed by atoms with Gasteiger partial charge in [0.15, 0.2) is 0 Å². The van der Waals surface area contributed by atoms with Gasteiger partial charge in [-0.15, -0.1) is 0 Å². The Morgan fingerprint density at radius 3 is 2.94 bits per heavy atom. The third-order valence-corrected chi connectivity index (χ3v) is 2.94. The smallest absolute Gasteiger partial charge is 0.246 e. The lowest BCUT2D eigenvalue weighted by molar-refractivity contribution is -0.114. The van der Waals surface area contributed by atoms with Crippen LogP contribution >= 0.6 is 0 Å². The minimum atomic E-state index is -0.0818. The molecule has 0 radical (unpaired) electrons. The van der Waals surface area contributed by atoms with E-state index in [1.54, 1.807) is 0 Å². The number of benzene rings is 1. The molecule has 4 nitrogen and oxygen atoms in total. The highest BCUT2D eigenvalue weighted by Crippen LogP contribution is 2.23. The fourth-order valence-electron chi connectivity index (χ4n) is 2.10. The Bertz CT molecular complexity index is 626. The lowest BCUT2D eigenvalue weighted by Gasteiger charge is -2.09. The van der Waals surface area contributed by atoms with Crippen LogP contribution in [0.15, 0.2) is 41.5 Å². The highest BCUT2D eigenvalue weighted by molar-refractivity contribution is 6.18. The summed E-state index contributed by atoms with van der Waals surface area (Å²) in [6, 6.07) is 9.83. The topological polar surface area (TPSA) is 57.2 Å². The first kappa shape index (κ1) is 10.8. The third-order valence-electron chi connectivity index (χ3n) is 2.94. The summed E-state index contributed by atoms with van der Waals surface area (Å²) in [6.45, 7) is 2.18. The lowest BCUT2D eigenvalue weighted by Crippen LogP contribution is -2.13. The molecule has 0 fully saturated rings. The number of carbonyl (C=O) groups is 1. The molecule has 0 spiro atoms. The molecule has 0 saturated heterocycles. The summed E-state index contributed by atoms with van der Waals surface area (Å²) in [7, 11) is 0. The Hall–Kier alpha value is -2.36. The maximum atomic E-state index is 11.6. The summed E-state index contributed by atoms with van der Waals surface area (Å²) in [4.78, 5) is 19.2. The van der Waals surface area contributed by atoms with E-state index in [0.29, 0.717) is 0 Å². The van der Waals surface area contributed by atoms with Crippen molar-refractivity contribution in [2.24, 2.45) is 4.99 Å². The van der Waals surface area contributed by atoms with Gasteiger partial charge in [0.1, 0.15) is 6.54 Å². The number of fused-ring (bicyclic) bond motifs is 1. The second kappa shape index (κ2) is 4.14. The van der Waals surface area contributed by atoms with Crippen LogP contribution < -0.4 is 5.32 Å². The summed E-state index contributed by atoms with van der Waals surface area (Å²) < 4.78 is 0. The number of amides is 1. The highest BCUT2D eigenvalue weighted by Gasteiger charge is 2.18. The molecule has 1 amide bonds. The van der Waals surface area contributed by atoms with Gasteiger partial charge in [-0.25, -0.2) is 0 Å². The monoisotopic (exact) mass is 239 g/mol. The predicted molar refractivity (Wildman–Crippen MR) is 71.1 cm³/mol. The second-order valence-electron chi connectivity index (χ2n) is 4.35. The number of nitrogens with one attached hydrogen (secondary N) is 2. The molecule has 0 unspecified atom stereocenters. The van der Waals surface area contributed by atoms with E-state index in [4.69, 9.17) is 0 Å². The van der Waals surface area contributed by atoms with Crippen molar-refractivity contribution in [3.63, 3.8) is 0 Å². The van der Waals surface area contributed by atoms with Crippen LogP contribution in [-0.2, 0) is 4.79 Å². The molecule has 2 N–H and O–H groups in total. The summed E-state index contributed by atoms with van der Waals surface area (Å²) in [5, 5.41) is 2.87. The van der Waals surface area contributed by atoms with Gasteiger partial charge in [-0.2, -0.15) is 0 Å². The number of H-pyrrole nitrogens is 1. The summed E-state index contributed by atoms with van der Waals surface area (Å²) >= 11 is 0. The minimum absolute atomic E-state index is 0.0818. The van der Waals surface area contributed by atoms with E-state index in [9.17, 15) is 4.79 Å². The van der Waals surface area contributed by atoms with E-state index >= 15 is 0 Å². The van der Waals surface area contributed by atoms with Crippen molar-refractivity contribution in [2.75, 3.05) is 11.9 Å². The van der Waals surface area contributed by atoms with Gasteiger partial charge in [0.2, 0.25) is 5.91 Å². The maximum absolute atomic E-state index is 11.6. The van der Waals surface area contributed by atoms with Crippen molar-refractivity contribution in [1.82, 2.24) is 4.98 Å². The van der Waals surface area contributed by atoms with E-state index in [2.05, 4.69) is 15.3 Å². The van der Waals surface area contributed by atoms with E-state index in [0.717, 1.165) is 28.2 Å². The summed E-state index contributed by atoms with van der Waals surface area (Å²) in [5.41, 5.74) is 4.68. The number of hydrogen-bond donors (Lipinski definition) is 2. The van der Waals surface area contributed by atoms with Crippen molar-refractivity contribution in [1.29, 1.82) is 0 Å². The molecule has 1 aliphatic heterocycles. The molecule has 1 aromatic carbocycles. The van der Waals surface area contributed by atoms with E-state index < -0.39 is 0 Å². The second-order valence-corrected chi connectivity index (χ2v) is 4.35. The van der Waals surface area contributed by atoms with Crippen molar-refractivity contribution < 1.29 is 4.79 Å². The normalized spacial score (nSPS) is 14.5. The maximum Gasteiger partial charge on any atom is 0.246 e. The predicted octanol–water partition coefficient (Wildman–Crippen LogP) is 2.11. The molecule has 0 atom stereocenters. The Kier molecular flexibility index (Phi) is 2.48. The summed E-state index contributed by atoms with van der Waals surface area (Å²) in [5.74, 6) is -0.0818. The molecule has 18 heavy (non-hydrogen) atoms. The van der Waals surface area contributed by atoms with Crippen LogP contribution in [0.2, 0.25) is 0 Å². The van der Waals surface area contributed by atoms with Crippen molar-refractivity contribution >= 4 is 17.3 Å². The van der Waals surface area contributed by atoms with Crippen LogP contribution in [0.1, 0.15) is 16.8 Å². The van der Waals surface area contributed by atoms with Gasteiger partial charge < -0.3 is 10.3 Å². The number of carbonyl (C=O) groups excluding carboxylic acids is 1. The zero-order valence-electron chi connectivity index (χ0n) is 10.0. The third kappa shape index (κ3) is 1.82. The van der Waals surface area contributed by atoms with Gasteiger partial charge in [0.05, 0.1) is 17.1 Å². The molecular formula is C14H13N3O. The standard InChI is InChI=1S/C14H13N3O/c1-9-4-5-11-10(7-9)14(12-3-2-6-15-12)16-8-13(18)17-11/h2-7,15H,8H2,1H3,(H,17,18). The fourth-order valence-corrected chi connectivity index (χ4v) is 2.10. The van der Waals surface area contributed by atoms with Gasteiger partial charge in [-0.05, 0) is 31.2 Å². The van der Waals surface area contributed by atoms with Gasteiger partial charge in [-0.1, -0.05) is 11.6 Å². The molecule has 2 heterocycles. The minimum Gasteiger partial charge on any atom is -0.360 e. The van der Waals surface area contributed by atoms with Crippen LogP contribution in [0.3, 0.4) is 0 Å². The van der Waals surface area contributed by atoms with Gasteiger partial charge >= 0.3 is 0 Å². The van der Waals surface area contributed by atoms with Gasteiger partial charge in [-0.3, -0.25) is 9.79 Å². The zero-order chi connectivity index (χ0) is 12.5. The van der Waals surface area contributed by atoms with Crippen molar-refractivity contribution in [3.05, 3.63) is 53.3 Å². The molecule has 1 aromatic heterocycles. The Labute approximate surface area is 105 Å². The van der Waals surface area contributed by atoms with E-state index in [1.807, 2.05) is 43.5 Å². The van der Waals surface area contributed by atoms with E-state index in [1.165, 1.54) is 0 Å². The zero-order valence-corrected chi connectivity index (χ0v) is 10.0. The average molecular weight is 239 g/mol. The van der Waals surface area contributed by atoms with Crippen LogP contribution in [-0.4, -0.2) is 23.1 Å². The number of rotatable bonds is 1. The number of aromatic amines is 1. The summed E-state index contributed by atoms with van der Waals surface area (Å²) in [6.07, 6.45) is 1.85.